The number of hydrogen-bond acceptors (Lipinski definition) is 3. The molecule has 0 radical (unpaired) electrons. The van der Waals surface area contributed by atoms with Crippen molar-refractivity contribution in [1.29, 1.82) is 0 Å². The number of hydrogen-bond donors (Lipinski definition) is 1. The van der Waals surface area contributed by atoms with E-state index in [0.29, 0.717) is 12.1 Å². The highest BCUT2D eigenvalue weighted by molar-refractivity contribution is 5.95. The third kappa shape index (κ3) is 3.31. The lowest BCUT2D eigenvalue weighted by Crippen LogP contribution is -2.23. The van der Waals surface area contributed by atoms with Gasteiger partial charge in [-0.1, -0.05) is 36.4 Å². The maximum Gasteiger partial charge on any atom is 0.251 e. The smallest absolute Gasteiger partial charge is 0.251 e. The second-order valence-corrected chi connectivity index (χ2v) is 6.51. The van der Waals surface area contributed by atoms with Crippen LogP contribution in [0.1, 0.15) is 27.3 Å². The van der Waals surface area contributed by atoms with Crippen LogP contribution in [-0.4, -0.2) is 20.4 Å². The second-order valence-electron chi connectivity index (χ2n) is 6.51. The van der Waals surface area contributed by atoms with Crippen molar-refractivity contribution in [2.45, 2.75) is 20.4 Å². The van der Waals surface area contributed by atoms with Crippen LogP contribution in [0.3, 0.4) is 0 Å². The molecule has 4 aromatic rings. The zero-order chi connectivity index (χ0) is 18.8. The fourth-order valence-corrected chi connectivity index (χ4v) is 3.19. The topological polar surface area (TPSA) is 59.8 Å². The molecule has 0 aliphatic heterocycles. The number of aryl methyl sites for hydroxylation is 2. The van der Waals surface area contributed by atoms with Gasteiger partial charge in [0, 0.05) is 18.3 Å². The minimum absolute atomic E-state index is 0.102. The number of pyridine rings is 1. The van der Waals surface area contributed by atoms with Gasteiger partial charge in [0.2, 0.25) is 0 Å². The Labute approximate surface area is 157 Å². The maximum atomic E-state index is 12.6. The molecule has 5 heteroatoms. The minimum Gasteiger partial charge on any atom is -0.348 e. The standard InChI is InChI=1S/C22H20N4O/c1-15-10-11-18(22(27)24-14-17-7-4-3-5-8-17)13-20(15)26-16(2)25-19-9-6-12-23-21(19)26/h3-13H,14H2,1-2H3,(H,24,27). The summed E-state index contributed by atoms with van der Waals surface area (Å²) in [6.07, 6.45) is 1.76. The van der Waals surface area contributed by atoms with E-state index in [0.717, 1.165) is 33.8 Å². The van der Waals surface area contributed by atoms with E-state index < -0.39 is 0 Å². The molecule has 1 N–H and O–H groups in total. The third-order valence-electron chi connectivity index (χ3n) is 4.59. The quantitative estimate of drug-likeness (QED) is 0.602. The number of rotatable bonds is 4. The first-order valence-corrected chi connectivity index (χ1v) is 8.87. The summed E-state index contributed by atoms with van der Waals surface area (Å²) in [6.45, 7) is 4.47. The summed E-state index contributed by atoms with van der Waals surface area (Å²) in [7, 11) is 0. The number of fused-ring (bicyclic) bond motifs is 1. The van der Waals surface area contributed by atoms with Gasteiger partial charge in [0.15, 0.2) is 5.65 Å². The van der Waals surface area contributed by atoms with E-state index in [1.807, 2.05) is 79.1 Å². The zero-order valence-electron chi connectivity index (χ0n) is 15.3. The summed E-state index contributed by atoms with van der Waals surface area (Å²) < 4.78 is 2.00. The number of imidazole rings is 1. The number of carbonyl (C=O) groups is 1. The summed E-state index contributed by atoms with van der Waals surface area (Å²) in [5, 5.41) is 2.98. The molecular weight excluding hydrogens is 336 g/mol. The number of nitrogens with zero attached hydrogens (tertiary/aromatic N) is 3. The Morgan fingerprint density at radius 3 is 2.67 bits per heavy atom. The van der Waals surface area contributed by atoms with Crippen molar-refractivity contribution in [1.82, 2.24) is 19.9 Å². The van der Waals surface area contributed by atoms with Crippen LogP contribution in [0.25, 0.3) is 16.9 Å². The molecule has 5 nitrogen and oxygen atoms in total. The van der Waals surface area contributed by atoms with Crippen LogP contribution in [0.2, 0.25) is 0 Å². The van der Waals surface area contributed by atoms with Crippen LogP contribution < -0.4 is 5.32 Å². The Morgan fingerprint density at radius 2 is 1.85 bits per heavy atom. The molecule has 0 saturated heterocycles. The highest BCUT2D eigenvalue weighted by atomic mass is 16.1. The molecule has 2 aromatic carbocycles. The first-order chi connectivity index (χ1) is 13.1. The van der Waals surface area contributed by atoms with Gasteiger partial charge in [-0.2, -0.15) is 0 Å². The van der Waals surface area contributed by atoms with E-state index in [4.69, 9.17) is 0 Å². The molecule has 4 rings (SSSR count). The number of nitrogens with one attached hydrogen (secondary N) is 1. The summed E-state index contributed by atoms with van der Waals surface area (Å²) >= 11 is 0. The van der Waals surface area contributed by atoms with E-state index in [9.17, 15) is 4.79 Å². The Hall–Kier alpha value is -3.47. The van der Waals surface area contributed by atoms with E-state index in [1.165, 1.54) is 0 Å². The van der Waals surface area contributed by atoms with Gasteiger partial charge in [-0.25, -0.2) is 9.97 Å². The molecule has 2 heterocycles. The van der Waals surface area contributed by atoms with Gasteiger partial charge in [-0.05, 0) is 49.2 Å². The van der Waals surface area contributed by atoms with E-state index in [1.54, 1.807) is 6.20 Å². The first-order valence-electron chi connectivity index (χ1n) is 8.87. The Kier molecular flexibility index (Phi) is 4.42. The van der Waals surface area contributed by atoms with E-state index >= 15 is 0 Å². The zero-order valence-corrected chi connectivity index (χ0v) is 15.3. The molecule has 0 aliphatic carbocycles. The lowest BCUT2D eigenvalue weighted by atomic mass is 10.1. The summed E-state index contributed by atoms with van der Waals surface area (Å²) in [5.41, 5.74) is 5.29. The molecule has 0 bridgehead atoms. The Morgan fingerprint density at radius 1 is 1.04 bits per heavy atom. The van der Waals surface area contributed by atoms with Gasteiger partial charge < -0.3 is 5.32 Å². The van der Waals surface area contributed by atoms with Gasteiger partial charge in [0.1, 0.15) is 11.3 Å². The van der Waals surface area contributed by atoms with Crippen molar-refractivity contribution in [3.05, 3.63) is 89.4 Å². The molecular formula is C22H20N4O. The molecule has 2 aromatic heterocycles. The van der Waals surface area contributed by atoms with Gasteiger partial charge in [0.05, 0.1) is 5.69 Å². The number of carbonyl (C=O) groups excluding carboxylic acids is 1. The van der Waals surface area contributed by atoms with Crippen LogP contribution in [0.15, 0.2) is 66.9 Å². The van der Waals surface area contributed by atoms with E-state index in [2.05, 4.69) is 15.3 Å². The average Bonchev–Trinajstić information content (AvgIpc) is 3.03. The summed E-state index contributed by atoms with van der Waals surface area (Å²) in [6, 6.07) is 19.4. The SMILES string of the molecule is Cc1ccc(C(=O)NCc2ccccc2)cc1-n1c(C)nc2cccnc21. The summed E-state index contributed by atoms with van der Waals surface area (Å²) in [4.78, 5) is 21.7. The Balaban J connectivity index is 1.67. The van der Waals surface area contributed by atoms with Crippen molar-refractivity contribution in [3.8, 4) is 5.69 Å². The minimum atomic E-state index is -0.102. The molecule has 0 fully saturated rings. The molecule has 0 saturated carbocycles. The van der Waals surface area contributed by atoms with Gasteiger partial charge in [0.25, 0.3) is 5.91 Å². The fourth-order valence-electron chi connectivity index (χ4n) is 3.19. The fraction of sp³-hybridized carbons (Fsp3) is 0.136. The van der Waals surface area contributed by atoms with Crippen LogP contribution in [0, 0.1) is 13.8 Å². The maximum absolute atomic E-state index is 12.6. The molecule has 0 atom stereocenters. The Bertz CT molecular complexity index is 1120. The third-order valence-corrected chi connectivity index (χ3v) is 4.59. The second kappa shape index (κ2) is 7.03. The highest BCUT2D eigenvalue weighted by Gasteiger charge is 2.14. The molecule has 134 valence electrons. The number of aromatic nitrogens is 3. The van der Waals surface area contributed by atoms with E-state index in [-0.39, 0.29) is 5.91 Å². The first kappa shape index (κ1) is 17.0. The lowest BCUT2D eigenvalue weighted by molar-refractivity contribution is 0.0951. The molecule has 27 heavy (non-hydrogen) atoms. The van der Waals surface area contributed by atoms with Crippen LogP contribution >= 0.6 is 0 Å². The lowest BCUT2D eigenvalue weighted by Gasteiger charge is -2.12. The van der Waals surface area contributed by atoms with Crippen molar-refractivity contribution in [2.24, 2.45) is 0 Å². The molecule has 1 amide bonds. The largest absolute Gasteiger partial charge is 0.348 e. The van der Waals surface area contributed by atoms with Gasteiger partial charge in [-0.3, -0.25) is 9.36 Å². The number of benzene rings is 2. The summed E-state index contributed by atoms with van der Waals surface area (Å²) in [5.74, 6) is 0.740. The molecule has 0 spiro atoms. The van der Waals surface area contributed by atoms with Crippen molar-refractivity contribution < 1.29 is 4.79 Å². The predicted molar refractivity (Wildman–Crippen MR) is 106 cm³/mol. The normalized spacial score (nSPS) is 10.9. The van der Waals surface area contributed by atoms with Crippen LogP contribution in [-0.2, 0) is 6.54 Å². The van der Waals surface area contributed by atoms with Crippen molar-refractivity contribution >= 4 is 17.1 Å². The molecule has 0 aliphatic rings. The monoisotopic (exact) mass is 356 g/mol. The average molecular weight is 356 g/mol. The van der Waals surface area contributed by atoms with Crippen molar-refractivity contribution in [3.63, 3.8) is 0 Å². The highest BCUT2D eigenvalue weighted by Crippen LogP contribution is 2.23. The van der Waals surface area contributed by atoms with Gasteiger partial charge in [-0.15, -0.1) is 0 Å². The predicted octanol–water partition coefficient (Wildman–Crippen LogP) is 3.97. The van der Waals surface area contributed by atoms with Gasteiger partial charge >= 0.3 is 0 Å². The van der Waals surface area contributed by atoms with Crippen LogP contribution in [0.4, 0.5) is 0 Å². The molecule has 0 unspecified atom stereocenters. The van der Waals surface area contributed by atoms with Crippen LogP contribution in [0.5, 0.6) is 0 Å². The number of amides is 1. The van der Waals surface area contributed by atoms with Crippen molar-refractivity contribution in [2.75, 3.05) is 0 Å².